The summed E-state index contributed by atoms with van der Waals surface area (Å²) in [6.07, 6.45) is 1.68. The van der Waals surface area contributed by atoms with Crippen molar-refractivity contribution in [3.8, 4) is 0 Å². The Bertz CT molecular complexity index is 131. The molecule has 0 aromatic heterocycles. The SMILES string of the molecule is CC(C)(C)C1(F)CCCNC1. The molecule has 0 amide bonds. The number of nitrogens with one attached hydrogen (secondary N) is 1. The Kier molecular flexibility index (Phi) is 2.24. The third-order valence-corrected chi connectivity index (χ3v) is 2.68. The van der Waals surface area contributed by atoms with Crippen LogP contribution >= 0.6 is 0 Å². The van der Waals surface area contributed by atoms with Crippen LogP contribution in [0.25, 0.3) is 0 Å². The average molecular weight is 159 g/mol. The zero-order valence-electron chi connectivity index (χ0n) is 7.71. The van der Waals surface area contributed by atoms with Gasteiger partial charge in [-0.1, -0.05) is 20.8 Å². The fourth-order valence-electron chi connectivity index (χ4n) is 1.51. The van der Waals surface area contributed by atoms with Gasteiger partial charge in [0.05, 0.1) is 0 Å². The molecule has 1 rings (SSSR count). The molecule has 0 aromatic carbocycles. The molecular formula is C9H18FN. The molecule has 0 radical (unpaired) electrons. The third-order valence-electron chi connectivity index (χ3n) is 2.68. The molecule has 1 aliphatic rings. The zero-order chi connectivity index (χ0) is 8.54. The maximum atomic E-state index is 14.0. The van der Waals surface area contributed by atoms with Crippen LogP contribution in [0.4, 0.5) is 4.39 Å². The molecule has 66 valence electrons. The van der Waals surface area contributed by atoms with Gasteiger partial charge in [-0.15, -0.1) is 0 Å². The molecule has 0 saturated carbocycles. The van der Waals surface area contributed by atoms with Gasteiger partial charge < -0.3 is 5.32 Å². The number of piperidine rings is 1. The predicted octanol–water partition coefficient (Wildman–Crippen LogP) is 2.12. The predicted molar refractivity (Wildman–Crippen MR) is 45.4 cm³/mol. The van der Waals surface area contributed by atoms with Gasteiger partial charge in [-0.25, -0.2) is 4.39 Å². The molecule has 11 heavy (non-hydrogen) atoms. The zero-order valence-corrected chi connectivity index (χ0v) is 7.71. The van der Waals surface area contributed by atoms with Gasteiger partial charge in [-0.2, -0.15) is 0 Å². The number of rotatable bonds is 0. The molecule has 1 aliphatic heterocycles. The second kappa shape index (κ2) is 2.74. The van der Waals surface area contributed by atoms with Crippen LogP contribution in [0, 0.1) is 5.41 Å². The Balaban J connectivity index is 2.64. The summed E-state index contributed by atoms with van der Waals surface area (Å²) in [6.45, 7) is 7.41. The van der Waals surface area contributed by atoms with Gasteiger partial charge >= 0.3 is 0 Å². The van der Waals surface area contributed by atoms with Crippen molar-refractivity contribution in [3.63, 3.8) is 0 Å². The van der Waals surface area contributed by atoms with Gasteiger partial charge in [0.2, 0.25) is 0 Å². The van der Waals surface area contributed by atoms with E-state index in [9.17, 15) is 4.39 Å². The quantitative estimate of drug-likeness (QED) is 0.571. The highest BCUT2D eigenvalue weighted by atomic mass is 19.1. The fourth-order valence-corrected chi connectivity index (χ4v) is 1.51. The molecule has 1 heterocycles. The number of hydrogen-bond donors (Lipinski definition) is 1. The Labute approximate surface area is 68.4 Å². The van der Waals surface area contributed by atoms with Gasteiger partial charge in [0.15, 0.2) is 0 Å². The molecule has 1 fully saturated rings. The van der Waals surface area contributed by atoms with Gasteiger partial charge in [0.1, 0.15) is 5.67 Å². The average Bonchev–Trinajstić information content (AvgIpc) is 1.87. The van der Waals surface area contributed by atoms with E-state index in [1.807, 2.05) is 20.8 Å². The van der Waals surface area contributed by atoms with E-state index < -0.39 is 5.67 Å². The van der Waals surface area contributed by atoms with Crippen LogP contribution in [-0.4, -0.2) is 18.8 Å². The van der Waals surface area contributed by atoms with Crippen LogP contribution in [0.15, 0.2) is 0 Å². The summed E-state index contributed by atoms with van der Waals surface area (Å²) in [4.78, 5) is 0. The van der Waals surface area contributed by atoms with Crippen LogP contribution in [0.3, 0.4) is 0 Å². The van der Waals surface area contributed by atoms with Crippen LogP contribution in [0.1, 0.15) is 33.6 Å². The Hall–Kier alpha value is -0.110. The standard InChI is InChI=1S/C9H18FN/c1-8(2,3)9(10)5-4-6-11-7-9/h11H,4-7H2,1-3H3. The van der Waals surface area contributed by atoms with Crippen molar-refractivity contribution in [2.45, 2.75) is 39.3 Å². The van der Waals surface area contributed by atoms with E-state index in [2.05, 4.69) is 5.32 Å². The monoisotopic (exact) mass is 159 g/mol. The van der Waals surface area contributed by atoms with Gasteiger partial charge in [-0.05, 0) is 24.8 Å². The largest absolute Gasteiger partial charge is 0.314 e. The van der Waals surface area contributed by atoms with Crippen LogP contribution in [0.5, 0.6) is 0 Å². The first kappa shape index (κ1) is 8.98. The lowest BCUT2D eigenvalue weighted by molar-refractivity contribution is 0.00645. The molecule has 1 atom stereocenters. The maximum Gasteiger partial charge on any atom is 0.128 e. The van der Waals surface area contributed by atoms with Gasteiger partial charge in [-0.3, -0.25) is 0 Å². The van der Waals surface area contributed by atoms with Crippen molar-refractivity contribution in [1.82, 2.24) is 5.32 Å². The van der Waals surface area contributed by atoms with Crippen molar-refractivity contribution in [2.75, 3.05) is 13.1 Å². The molecule has 0 spiro atoms. The summed E-state index contributed by atoms with van der Waals surface area (Å²) >= 11 is 0. The smallest absolute Gasteiger partial charge is 0.128 e. The Morgan fingerprint density at radius 3 is 2.27 bits per heavy atom. The Morgan fingerprint density at radius 1 is 1.36 bits per heavy atom. The first-order valence-corrected chi connectivity index (χ1v) is 4.35. The Morgan fingerprint density at radius 2 is 2.00 bits per heavy atom. The van der Waals surface area contributed by atoms with E-state index in [-0.39, 0.29) is 5.41 Å². The molecule has 2 heteroatoms. The highest BCUT2D eigenvalue weighted by Crippen LogP contribution is 2.38. The second-order valence-electron chi connectivity index (χ2n) is 4.50. The summed E-state index contributed by atoms with van der Waals surface area (Å²) in [5.74, 6) is 0. The van der Waals surface area contributed by atoms with Crippen molar-refractivity contribution >= 4 is 0 Å². The summed E-state index contributed by atoms with van der Waals surface area (Å²) in [5.41, 5.74) is -1.22. The second-order valence-corrected chi connectivity index (χ2v) is 4.50. The molecule has 1 unspecified atom stereocenters. The minimum Gasteiger partial charge on any atom is -0.314 e. The number of halogens is 1. The first-order chi connectivity index (χ1) is 4.96. The van der Waals surface area contributed by atoms with E-state index in [1.165, 1.54) is 0 Å². The van der Waals surface area contributed by atoms with Crippen LogP contribution in [0.2, 0.25) is 0 Å². The van der Waals surface area contributed by atoms with E-state index in [4.69, 9.17) is 0 Å². The maximum absolute atomic E-state index is 14.0. The van der Waals surface area contributed by atoms with E-state index in [1.54, 1.807) is 0 Å². The molecule has 0 bridgehead atoms. The normalized spacial score (nSPS) is 33.8. The van der Waals surface area contributed by atoms with E-state index >= 15 is 0 Å². The summed E-state index contributed by atoms with van der Waals surface area (Å²) < 4.78 is 14.0. The molecule has 1 N–H and O–H groups in total. The van der Waals surface area contributed by atoms with Crippen molar-refractivity contribution in [1.29, 1.82) is 0 Å². The topological polar surface area (TPSA) is 12.0 Å². The van der Waals surface area contributed by atoms with Gasteiger partial charge in [0.25, 0.3) is 0 Å². The summed E-state index contributed by atoms with van der Waals surface area (Å²) in [6, 6.07) is 0. The highest BCUT2D eigenvalue weighted by Gasteiger charge is 2.42. The summed E-state index contributed by atoms with van der Waals surface area (Å²) in [7, 11) is 0. The van der Waals surface area contributed by atoms with Gasteiger partial charge in [0, 0.05) is 6.54 Å². The van der Waals surface area contributed by atoms with Crippen LogP contribution in [-0.2, 0) is 0 Å². The van der Waals surface area contributed by atoms with E-state index in [0.29, 0.717) is 13.0 Å². The lowest BCUT2D eigenvalue weighted by Gasteiger charge is -2.40. The van der Waals surface area contributed by atoms with Crippen molar-refractivity contribution < 1.29 is 4.39 Å². The molecule has 1 nitrogen and oxygen atoms in total. The molecule has 1 saturated heterocycles. The third kappa shape index (κ3) is 1.73. The molecule has 0 aliphatic carbocycles. The minimum absolute atomic E-state index is 0.222. The van der Waals surface area contributed by atoms with Crippen molar-refractivity contribution in [3.05, 3.63) is 0 Å². The summed E-state index contributed by atoms with van der Waals surface area (Å²) in [5, 5.41) is 3.11. The lowest BCUT2D eigenvalue weighted by Crippen LogP contribution is -2.50. The first-order valence-electron chi connectivity index (χ1n) is 4.35. The highest BCUT2D eigenvalue weighted by molar-refractivity contribution is 4.95. The number of hydrogen-bond acceptors (Lipinski definition) is 1. The van der Waals surface area contributed by atoms with E-state index in [0.717, 1.165) is 13.0 Å². The molecule has 0 aromatic rings. The lowest BCUT2D eigenvalue weighted by atomic mass is 9.74. The molecular weight excluding hydrogens is 141 g/mol. The number of alkyl halides is 1. The fraction of sp³-hybridized carbons (Fsp3) is 1.00. The van der Waals surface area contributed by atoms with Crippen LogP contribution < -0.4 is 5.32 Å². The minimum atomic E-state index is -0.995. The van der Waals surface area contributed by atoms with Crippen molar-refractivity contribution in [2.24, 2.45) is 5.41 Å².